The zero-order valence-corrected chi connectivity index (χ0v) is 11.3. The van der Waals surface area contributed by atoms with Crippen molar-refractivity contribution in [3.63, 3.8) is 0 Å². The van der Waals surface area contributed by atoms with Crippen LogP contribution in [0.25, 0.3) is 0 Å². The molecule has 2 unspecified atom stereocenters. The SMILES string of the molecule is CCCCC(C)C(O)CCC(C)(C)CC. The molecule has 92 valence electrons. The monoisotopic (exact) mass is 214 g/mol. The highest BCUT2D eigenvalue weighted by atomic mass is 16.3. The largest absolute Gasteiger partial charge is 0.393 e. The summed E-state index contributed by atoms with van der Waals surface area (Å²) >= 11 is 0. The van der Waals surface area contributed by atoms with Crippen LogP contribution in [0.1, 0.15) is 73.1 Å². The standard InChI is InChI=1S/C14H30O/c1-6-8-9-12(3)13(15)10-11-14(4,5)7-2/h12-13,15H,6-11H2,1-5H3. The molecule has 0 radical (unpaired) electrons. The van der Waals surface area contributed by atoms with Gasteiger partial charge in [-0.25, -0.2) is 0 Å². The Morgan fingerprint density at radius 1 is 1.13 bits per heavy atom. The average Bonchev–Trinajstić information content (AvgIpc) is 2.22. The Kier molecular flexibility index (Phi) is 7.25. The Morgan fingerprint density at radius 3 is 2.20 bits per heavy atom. The van der Waals surface area contributed by atoms with Gasteiger partial charge in [0.15, 0.2) is 0 Å². The minimum Gasteiger partial charge on any atom is -0.393 e. The van der Waals surface area contributed by atoms with E-state index in [4.69, 9.17) is 0 Å². The van der Waals surface area contributed by atoms with Gasteiger partial charge in [-0.15, -0.1) is 0 Å². The predicted molar refractivity (Wildman–Crippen MR) is 68.0 cm³/mol. The van der Waals surface area contributed by atoms with Gasteiger partial charge in [0.1, 0.15) is 0 Å². The van der Waals surface area contributed by atoms with Gasteiger partial charge in [0.05, 0.1) is 6.10 Å². The Hall–Kier alpha value is -0.0400. The molecule has 0 heterocycles. The maximum absolute atomic E-state index is 10.0. The number of aliphatic hydroxyl groups excluding tert-OH is 1. The summed E-state index contributed by atoms with van der Waals surface area (Å²) in [6.07, 6.45) is 6.86. The Balaban J connectivity index is 3.77. The molecule has 1 N–H and O–H groups in total. The zero-order valence-electron chi connectivity index (χ0n) is 11.3. The van der Waals surface area contributed by atoms with Crippen LogP contribution in [0.2, 0.25) is 0 Å². The van der Waals surface area contributed by atoms with Gasteiger partial charge in [-0.1, -0.05) is 53.9 Å². The van der Waals surface area contributed by atoms with E-state index in [1.54, 1.807) is 0 Å². The van der Waals surface area contributed by atoms with Crippen LogP contribution in [0.4, 0.5) is 0 Å². The van der Waals surface area contributed by atoms with E-state index >= 15 is 0 Å². The van der Waals surface area contributed by atoms with Crippen LogP contribution < -0.4 is 0 Å². The van der Waals surface area contributed by atoms with Crippen LogP contribution in [0.3, 0.4) is 0 Å². The summed E-state index contributed by atoms with van der Waals surface area (Å²) in [4.78, 5) is 0. The van der Waals surface area contributed by atoms with E-state index < -0.39 is 0 Å². The smallest absolute Gasteiger partial charge is 0.0566 e. The van der Waals surface area contributed by atoms with E-state index in [1.165, 1.54) is 25.7 Å². The number of rotatable bonds is 8. The summed E-state index contributed by atoms with van der Waals surface area (Å²) in [5.74, 6) is 0.470. The van der Waals surface area contributed by atoms with Crippen molar-refractivity contribution >= 4 is 0 Å². The molecule has 0 aromatic carbocycles. The first-order valence-corrected chi connectivity index (χ1v) is 6.61. The summed E-state index contributed by atoms with van der Waals surface area (Å²) in [5, 5.41) is 10.0. The zero-order chi connectivity index (χ0) is 11.9. The molecule has 0 spiro atoms. The maximum Gasteiger partial charge on any atom is 0.0566 e. The number of hydrogen-bond acceptors (Lipinski definition) is 1. The van der Waals surface area contributed by atoms with Gasteiger partial charge < -0.3 is 5.11 Å². The molecule has 0 aromatic heterocycles. The van der Waals surface area contributed by atoms with Crippen molar-refractivity contribution in [3.05, 3.63) is 0 Å². The van der Waals surface area contributed by atoms with Gasteiger partial charge >= 0.3 is 0 Å². The average molecular weight is 214 g/mol. The molecule has 0 aliphatic rings. The lowest BCUT2D eigenvalue weighted by molar-refractivity contribution is 0.0862. The van der Waals surface area contributed by atoms with Crippen LogP contribution in [0.5, 0.6) is 0 Å². The van der Waals surface area contributed by atoms with Gasteiger partial charge in [0.25, 0.3) is 0 Å². The van der Waals surface area contributed by atoms with Crippen molar-refractivity contribution in [2.45, 2.75) is 79.2 Å². The Labute approximate surface area is 96.3 Å². The summed E-state index contributed by atoms with van der Waals surface area (Å²) < 4.78 is 0. The topological polar surface area (TPSA) is 20.2 Å². The second kappa shape index (κ2) is 7.27. The van der Waals surface area contributed by atoms with Crippen molar-refractivity contribution in [1.82, 2.24) is 0 Å². The summed E-state index contributed by atoms with van der Waals surface area (Å²) in [6, 6.07) is 0. The van der Waals surface area contributed by atoms with Crippen molar-refractivity contribution in [3.8, 4) is 0 Å². The number of hydrogen-bond donors (Lipinski definition) is 1. The molecular formula is C14H30O. The molecule has 1 nitrogen and oxygen atoms in total. The second-order valence-electron chi connectivity index (χ2n) is 5.74. The molecule has 15 heavy (non-hydrogen) atoms. The molecule has 0 rings (SSSR count). The van der Waals surface area contributed by atoms with Crippen LogP contribution in [0.15, 0.2) is 0 Å². The predicted octanol–water partition coefficient (Wildman–Crippen LogP) is 4.39. The fourth-order valence-electron chi connectivity index (χ4n) is 1.72. The van der Waals surface area contributed by atoms with Gasteiger partial charge in [-0.3, -0.25) is 0 Å². The first-order valence-electron chi connectivity index (χ1n) is 6.61. The summed E-state index contributed by atoms with van der Waals surface area (Å²) in [6.45, 7) is 11.2. The molecule has 0 amide bonds. The van der Waals surface area contributed by atoms with Crippen LogP contribution in [-0.4, -0.2) is 11.2 Å². The lowest BCUT2D eigenvalue weighted by Gasteiger charge is -2.26. The summed E-state index contributed by atoms with van der Waals surface area (Å²) in [5.41, 5.74) is 0.394. The lowest BCUT2D eigenvalue weighted by Crippen LogP contribution is -2.21. The highest BCUT2D eigenvalue weighted by molar-refractivity contribution is 4.71. The molecule has 2 atom stereocenters. The molecule has 0 aromatic rings. The van der Waals surface area contributed by atoms with E-state index in [0.29, 0.717) is 11.3 Å². The van der Waals surface area contributed by atoms with Crippen LogP contribution >= 0.6 is 0 Å². The van der Waals surface area contributed by atoms with Gasteiger partial charge in [-0.2, -0.15) is 0 Å². The number of aliphatic hydroxyl groups is 1. The number of unbranched alkanes of at least 4 members (excludes halogenated alkanes) is 1. The molecule has 0 bridgehead atoms. The van der Waals surface area contributed by atoms with E-state index in [1.807, 2.05) is 0 Å². The molecule has 0 aliphatic heterocycles. The highest BCUT2D eigenvalue weighted by Crippen LogP contribution is 2.28. The molecule has 0 saturated carbocycles. The Bertz CT molecular complexity index is 151. The van der Waals surface area contributed by atoms with Gasteiger partial charge in [0, 0.05) is 0 Å². The van der Waals surface area contributed by atoms with Crippen molar-refractivity contribution < 1.29 is 5.11 Å². The van der Waals surface area contributed by atoms with E-state index in [9.17, 15) is 5.11 Å². The quantitative estimate of drug-likeness (QED) is 0.635. The third kappa shape index (κ3) is 6.94. The fraction of sp³-hybridized carbons (Fsp3) is 1.00. The van der Waals surface area contributed by atoms with Crippen LogP contribution in [-0.2, 0) is 0 Å². The summed E-state index contributed by atoms with van der Waals surface area (Å²) in [7, 11) is 0. The minimum atomic E-state index is -0.0950. The van der Waals surface area contributed by atoms with Gasteiger partial charge in [0.2, 0.25) is 0 Å². The van der Waals surface area contributed by atoms with Gasteiger partial charge in [-0.05, 0) is 30.6 Å². The minimum absolute atomic E-state index is 0.0950. The maximum atomic E-state index is 10.0. The molecule has 0 saturated heterocycles. The highest BCUT2D eigenvalue weighted by Gasteiger charge is 2.19. The third-order valence-corrected chi connectivity index (χ3v) is 3.74. The molecule has 0 aliphatic carbocycles. The van der Waals surface area contributed by atoms with E-state index in [2.05, 4.69) is 34.6 Å². The molecule has 0 fully saturated rings. The van der Waals surface area contributed by atoms with E-state index in [0.717, 1.165) is 12.8 Å². The second-order valence-corrected chi connectivity index (χ2v) is 5.74. The first-order chi connectivity index (χ1) is 6.93. The van der Waals surface area contributed by atoms with E-state index in [-0.39, 0.29) is 6.10 Å². The Morgan fingerprint density at radius 2 is 1.73 bits per heavy atom. The molecular weight excluding hydrogens is 184 g/mol. The fourth-order valence-corrected chi connectivity index (χ4v) is 1.72. The van der Waals surface area contributed by atoms with Crippen molar-refractivity contribution in [1.29, 1.82) is 0 Å². The molecule has 1 heteroatoms. The lowest BCUT2D eigenvalue weighted by atomic mass is 9.82. The third-order valence-electron chi connectivity index (χ3n) is 3.74. The van der Waals surface area contributed by atoms with Crippen molar-refractivity contribution in [2.24, 2.45) is 11.3 Å². The normalized spacial score (nSPS) is 16.4. The first kappa shape index (κ1) is 15.0. The van der Waals surface area contributed by atoms with Crippen molar-refractivity contribution in [2.75, 3.05) is 0 Å². The van der Waals surface area contributed by atoms with Crippen LogP contribution in [0, 0.1) is 11.3 Å².